The van der Waals surface area contributed by atoms with Gasteiger partial charge in [0.2, 0.25) is 0 Å². The molecular weight excluding hydrogens is 238 g/mol. The van der Waals surface area contributed by atoms with Crippen LogP contribution >= 0.6 is 0 Å². The summed E-state index contributed by atoms with van der Waals surface area (Å²) in [7, 11) is 0. The van der Waals surface area contributed by atoms with Gasteiger partial charge in [-0.1, -0.05) is 18.2 Å². The molecule has 100 valence electrons. The topological polar surface area (TPSA) is 57.8 Å². The number of hydrogen-bond acceptors (Lipinski definition) is 2. The zero-order valence-corrected chi connectivity index (χ0v) is 11.7. The third-order valence-electron chi connectivity index (χ3n) is 2.64. The number of carbonyl (C=O) groups excluding carboxylic acids is 1. The molecule has 4 heteroatoms. The molecule has 1 aromatic heterocycles. The van der Waals surface area contributed by atoms with Crippen LogP contribution < -0.4 is 5.32 Å². The Morgan fingerprint density at radius 3 is 2.53 bits per heavy atom. The lowest BCUT2D eigenvalue weighted by Crippen LogP contribution is -2.40. The normalized spacial score (nSPS) is 11.4. The number of nitrogens with one attached hydrogen (secondary N) is 2. The molecule has 1 heterocycles. The molecule has 0 fully saturated rings. The van der Waals surface area contributed by atoms with Gasteiger partial charge in [-0.2, -0.15) is 5.10 Å². The van der Waals surface area contributed by atoms with Crippen LogP contribution in [0.2, 0.25) is 0 Å². The average Bonchev–Trinajstić information content (AvgIpc) is 2.73. The molecule has 1 amide bonds. The van der Waals surface area contributed by atoms with Gasteiger partial charge in [0.15, 0.2) is 0 Å². The van der Waals surface area contributed by atoms with Crippen LogP contribution in [0.25, 0.3) is 11.3 Å². The zero-order valence-electron chi connectivity index (χ0n) is 11.7. The fourth-order valence-electron chi connectivity index (χ4n) is 1.87. The van der Waals surface area contributed by atoms with Crippen LogP contribution in [0.3, 0.4) is 0 Å². The van der Waals surface area contributed by atoms with E-state index in [1.807, 2.05) is 58.0 Å². The fraction of sp³-hybridized carbons (Fsp3) is 0.333. The van der Waals surface area contributed by atoms with Crippen LogP contribution in [0.5, 0.6) is 0 Å². The summed E-state index contributed by atoms with van der Waals surface area (Å²) in [5.41, 5.74) is 2.99. The summed E-state index contributed by atoms with van der Waals surface area (Å²) in [5, 5.41) is 10.1. The van der Waals surface area contributed by atoms with Gasteiger partial charge in [-0.25, -0.2) is 0 Å². The highest BCUT2D eigenvalue weighted by atomic mass is 16.1. The van der Waals surface area contributed by atoms with Crippen LogP contribution in [0.15, 0.2) is 30.3 Å². The predicted octanol–water partition coefficient (Wildman–Crippen LogP) is 2.91. The second-order valence-electron chi connectivity index (χ2n) is 5.69. The monoisotopic (exact) mass is 257 g/mol. The van der Waals surface area contributed by atoms with Gasteiger partial charge in [-0.05, 0) is 39.8 Å². The molecule has 19 heavy (non-hydrogen) atoms. The first-order chi connectivity index (χ1) is 8.87. The second kappa shape index (κ2) is 4.88. The van der Waals surface area contributed by atoms with E-state index in [-0.39, 0.29) is 11.4 Å². The second-order valence-corrected chi connectivity index (χ2v) is 5.69. The molecule has 4 nitrogen and oxygen atoms in total. The summed E-state index contributed by atoms with van der Waals surface area (Å²) in [6, 6.07) is 9.44. The van der Waals surface area contributed by atoms with Crippen molar-refractivity contribution in [2.45, 2.75) is 33.2 Å². The van der Waals surface area contributed by atoms with Crippen LogP contribution in [-0.4, -0.2) is 21.6 Å². The Morgan fingerprint density at radius 2 is 1.95 bits per heavy atom. The molecule has 0 saturated carbocycles. The molecule has 1 aromatic carbocycles. The Kier molecular flexibility index (Phi) is 3.42. The van der Waals surface area contributed by atoms with Gasteiger partial charge < -0.3 is 5.32 Å². The van der Waals surface area contributed by atoms with Crippen LogP contribution in [-0.2, 0) is 0 Å². The molecule has 0 spiro atoms. The van der Waals surface area contributed by atoms with Crippen molar-refractivity contribution in [2.24, 2.45) is 0 Å². The first kappa shape index (κ1) is 13.3. The SMILES string of the molecule is Cc1cc(-c2ccccc2C(=O)NC(C)(C)C)n[nH]1. The van der Waals surface area contributed by atoms with Crippen LogP contribution in [0, 0.1) is 6.92 Å². The summed E-state index contributed by atoms with van der Waals surface area (Å²) >= 11 is 0. The van der Waals surface area contributed by atoms with Crippen molar-refractivity contribution in [1.82, 2.24) is 15.5 Å². The molecule has 2 rings (SSSR count). The van der Waals surface area contributed by atoms with E-state index in [1.54, 1.807) is 0 Å². The standard InChI is InChI=1S/C15H19N3O/c1-10-9-13(18-17-10)11-7-5-6-8-12(11)14(19)16-15(2,3)4/h5-9H,1-4H3,(H,16,19)(H,17,18). The Labute approximate surface area is 113 Å². The van der Waals surface area contributed by atoms with Gasteiger partial charge in [0.1, 0.15) is 0 Å². The largest absolute Gasteiger partial charge is 0.347 e. The Bertz CT molecular complexity index is 593. The van der Waals surface area contributed by atoms with Gasteiger partial charge in [-0.15, -0.1) is 0 Å². The number of carbonyl (C=O) groups is 1. The van der Waals surface area contributed by atoms with E-state index in [2.05, 4.69) is 15.5 Å². The lowest BCUT2D eigenvalue weighted by molar-refractivity contribution is 0.0920. The predicted molar refractivity (Wildman–Crippen MR) is 76.0 cm³/mol. The Hall–Kier alpha value is -2.10. The lowest BCUT2D eigenvalue weighted by Gasteiger charge is -2.21. The maximum Gasteiger partial charge on any atom is 0.252 e. The maximum atomic E-state index is 12.3. The first-order valence-electron chi connectivity index (χ1n) is 6.31. The number of benzene rings is 1. The summed E-state index contributed by atoms with van der Waals surface area (Å²) in [6.45, 7) is 7.83. The molecule has 2 N–H and O–H groups in total. The molecule has 0 bridgehead atoms. The van der Waals surface area contributed by atoms with E-state index in [0.717, 1.165) is 17.0 Å². The maximum absolute atomic E-state index is 12.3. The highest BCUT2D eigenvalue weighted by Crippen LogP contribution is 2.22. The van der Waals surface area contributed by atoms with Gasteiger partial charge in [0, 0.05) is 22.4 Å². The van der Waals surface area contributed by atoms with Gasteiger partial charge in [0.05, 0.1) is 5.69 Å². The molecule has 0 radical (unpaired) electrons. The van der Waals surface area contributed by atoms with E-state index >= 15 is 0 Å². The van der Waals surface area contributed by atoms with Crippen molar-refractivity contribution >= 4 is 5.91 Å². The Morgan fingerprint density at radius 1 is 1.26 bits per heavy atom. The summed E-state index contributed by atoms with van der Waals surface area (Å²) < 4.78 is 0. The van der Waals surface area contributed by atoms with E-state index in [9.17, 15) is 4.79 Å². The minimum atomic E-state index is -0.258. The summed E-state index contributed by atoms with van der Waals surface area (Å²) in [5.74, 6) is -0.0799. The van der Waals surface area contributed by atoms with E-state index in [0.29, 0.717) is 5.56 Å². The fourth-order valence-corrected chi connectivity index (χ4v) is 1.87. The van der Waals surface area contributed by atoms with Crippen molar-refractivity contribution in [3.05, 3.63) is 41.6 Å². The molecule has 2 aromatic rings. The third-order valence-corrected chi connectivity index (χ3v) is 2.64. The van der Waals surface area contributed by atoms with Crippen molar-refractivity contribution in [2.75, 3.05) is 0 Å². The highest BCUT2D eigenvalue weighted by molar-refractivity contribution is 6.00. The number of nitrogens with zero attached hydrogens (tertiary/aromatic N) is 1. The minimum absolute atomic E-state index is 0.0799. The van der Waals surface area contributed by atoms with Gasteiger partial charge >= 0.3 is 0 Å². The smallest absolute Gasteiger partial charge is 0.252 e. The van der Waals surface area contributed by atoms with E-state index in [4.69, 9.17) is 0 Å². The molecule has 0 atom stereocenters. The van der Waals surface area contributed by atoms with Crippen molar-refractivity contribution < 1.29 is 4.79 Å². The number of aromatic nitrogens is 2. The summed E-state index contributed by atoms with van der Waals surface area (Å²) in [4.78, 5) is 12.3. The van der Waals surface area contributed by atoms with Crippen LogP contribution in [0.4, 0.5) is 0 Å². The van der Waals surface area contributed by atoms with E-state index < -0.39 is 0 Å². The van der Waals surface area contributed by atoms with Crippen molar-refractivity contribution in [1.29, 1.82) is 0 Å². The van der Waals surface area contributed by atoms with E-state index in [1.165, 1.54) is 0 Å². The molecule has 0 unspecified atom stereocenters. The number of rotatable bonds is 2. The van der Waals surface area contributed by atoms with Gasteiger partial charge in [-0.3, -0.25) is 9.89 Å². The number of aryl methyl sites for hydroxylation is 1. The molecule has 0 saturated heterocycles. The molecule has 0 aliphatic rings. The van der Waals surface area contributed by atoms with Crippen LogP contribution in [0.1, 0.15) is 36.8 Å². The van der Waals surface area contributed by atoms with Crippen molar-refractivity contribution in [3.63, 3.8) is 0 Å². The number of aromatic amines is 1. The zero-order chi connectivity index (χ0) is 14.0. The number of hydrogen-bond donors (Lipinski definition) is 2. The first-order valence-corrected chi connectivity index (χ1v) is 6.31. The third kappa shape index (κ3) is 3.22. The lowest BCUT2D eigenvalue weighted by atomic mass is 10.0. The minimum Gasteiger partial charge on any atom is -0.347 e. The molecule has 0 aliphatic carbocycles. The summed E-state index contributed by atoms with van der Waals surface area (Å²) in [6.07, 6.45) is 0. The quantitative estimate of drug-likeness (QED) is 0.869. The van der Waals surface area contributed by atoms with Gasteiger partial charge in [0.25, 0.3) is 5.91 Å². The Balaban J connectivity index is 2.39. The number of H-pyrrole nitrogens is 1. The average molecular weight is 257 g/mol. The van der Waals surface area contributed by atoms with Crippen molar-refractivity contribution in [3.8, 4) is 11.3 Å². The highest BCUT2D eigenvalue weighted by Gasteiger charge is 2.19. The molecule has 0 aliphatic heterocycles. The molecular formula is C15H19N3O. The number of amides is 1.